The number of halogens is 1. The van der Waals surface area contributed by atoms with Gasteiger partial charge in [0.15, 0.2) is 0 Å². The highest BCUT2D eigenvalue weighted by Gasteiger charge is 2.04. The van der Waals surface area contributed by atoms with Gasteiger partial charge in [-0.2, -0.15) is 10.2 Å². The lowest BCUT2D eigenvalue weighted by Gasteiger charge is -2.00. The summed E-state index contributed by atoms with van der Waals surface area (Å²) in [5.41, 5.74) is -0.159. The van der Waals surface area contributed by atoms with Crippen molar-refractivity contribution in [3.05, 3.63) is 47.1 Å². The largest absolute Gasteiger partial charge is 0.272 e. The highest BCUT2D eigenvalue weighted by atomic mass is 127. The summed E-state index contributed by atoms with van der Waals surface area (Å²) in [6, 6.07) is 5.72. The lowest BCUT2D eigenvalue weighted by Crippen LogP contribution is -2.06. The molecule has 0 aliphatic heterocycles. The fourth-order valence-electron chi connectivity index (χ4n) is 1.68. The number of nitrogens with one attached hydrogen (secondary N) is 1. The number of fused-ring (bicyclic) bond motifs is 1. The van der Waals surface area contributed by atoms with Crippen LogP contribution in [0.2, 0.25) is 0 Å². The van der Waals surface area contributed by atoms with E-state index in [-0.39, 0.29) is 5.56 Å². The van der Waals surface area contributed by atoms with Crippen LogP contribution >= 0.6 is 40.2 Å². The molecule has 2 heterocycles. The molecule has 0 aliphatic carbocycles. The molecule has 1 unspecified atom stereocenters. The Balaban J connectivity index is 1.95. The van der Waals surface area contributed by atoms with Crippen molar-refractivity contribution in [1.82, 2.24) is 19.7 Å². The summed E-state index contributed by atoms with van der Waals surface area (Å²) in [6.45, 7) is 0. The van der Waals surface area contributed by atoms with Crippen LogP contribution in [0.3, 0.4) is 0 Å². The summed E-state index contributed by atoms with van der Waals surface area (Å²) in [6.07, 6.45) is 6.12. The van der Waals surface area contributed by atoms with Crippen molar-refractivity contribution in [3.63, 3.8) is 0 Å². The Morgan fingerprint density at radius 1 is 1.32 bits per heavy atom. The van der Waals surface area contributed by atoms with Gasteiger partial charge in [0.1, 0.15) is 0 Å². The summed E-state index contributed by atoms with van der Waals surface area (Å²) in [7, 11) is 0. The first kappa shape index (κ1) is 13.1. The van der Waals surface area contributed by atoms with E-state index in [0.717, 1.165) is 15.2 Å². The molecule has 0 amide bonds. The third kappa shape index (κ3) is 2.82. The van der Waals surface area contributed by atoms with Gasteiger partial charge in [0.2, 0.25) is 0 Å². The first-order chi connectivity index (χ1) is 9.26. The zero-order valence-corrected chi connectivity index (χ0v) is 13.5. The maximum Gasteiger partial charge on any atom is 0.272 e. The standard InChI is InChI=1S/C11H8IN4OPS/c12-18-16-6-9(5-14-16)19-8-1-2-10-7(3-8)4-13-15-11(10)17/h1-6,18H,(H,15,17). The average molecular weight is 402 g/mol. The molecule has 0 fully saturated rings. The Kier molecular flexibility index (Phi) is 3.86. The van der Waals surface area contributed by atoms with Crippen LogP contribution in [0.5, 0.6) is 0 Å². The monoisotopic (exact) mass is 402 g/mol. The predicted molar refractivity (Wildman–Crippen MR) is 86.4 cm³/mol. The van der Waals surface area contributed by atoms with Crippen LogP contribution in [0.25, 0.3) is 10.8 Å². The summed E-state index contributed by atoms with van der Waals surface area (Å²) in [5, 5.41) is 12.0. The fraction of sp³-hybridized carbons (Fsp3) is 0. The van der Waals surface area contributed by atoms with Crippen molar-refractivity contribution < 1.29 is 0 Å². The molecule has 0 saturated heterocycles. The molecule has 1 atom stereocenters. The molecule has 0 spiro atoms. The smallest absolute Gasteiger partial charge is 0.267 e. The van der Waals surface area contributed by atoms with Crippen molar-refractivity contribution >= 4 is 50.9 Å². The Bertz CT molecular complexity index is 787. The Morgan fingerprint density at radius 3 is 3.00 bits per heavy atom. The number of benzene rings is 1. The minimum absolute atomic E-state index is 0.159. The van der Waals surface area contributed by atoms with Crippen LogP contribution in [-0.2, 0) is 0 Å². The van der Waals surface area contributed by atoms with E-state index in [1.54, 1.807) is 18.0 Å². The van der Waals surface area contributed by atoms with Crippen LogP contribution in [-0.4, -0.2) is 19.7 Å². The van der Waals surface area contributed by atoms with Crippen molar-refractivity contribution in [2.24, 2.45) is 0 Å². The molecule has 5 nitrogen and oxygen atoms in total. The van der Waals surface area contributed by atoms with Gasteiger partial charge in [-0.1, -0.05) is 11.8 Å². The predicted octanol–water partition coefficient (Wildman–Crippen LogP) is 3.06. The second-order valence-electron chi connectivity index (χ2n) is 3.76. The summed E-state index contributed by atoms with van der Waals surface area (Å²) in [5.74, 6) is 0. The maximum absolute atomic E-state index is 11.6. The average Bonchev–Trinajstić information content (AvgIpc) is 2.86. The lowest BCUT2D eigenvalue weighted by molar-refractivity contribution is 1.01. The first-order valence-corrected chi connectivity index (χ1v) is 10.2. The van der Waals surface area contributed by atoms with Gasteiger partial charge < -0.3 is 0 Å². The number of rotatable bonds is 3. The van der Waals surface area contributed by atoms with Crippen molar-refractivity contribution in [1.29, 1.82) is 0 Å². The molecule has 0 radical (unpaired) electrons. The Labute approximate surface area is 127 Å². The van der Waals surface area contributed by atoms with Gasteiger partial charge in [-0.05, 0) is 40.2 Å². The first-order valence-electron chi connectivity index (χ1n) is 5.33. The van der Waals surface area contributed by atoms with Crippen LogP contribution in [0.4, 0.5) is 0 Å². The molecule has 1 aromatic carbocycles. The van der Waals surface area contributed by atoms with Gasteiger partial charge in [-0.3, -0.25) is 4.79 Å². The fourth-order valence-corrected chi connectivity index (χ4v) is 3.70. The van der Waals surface area contributed by atoms with E-state index in [1.807, 2.05) is 35.0 Å². The van der Waals surface area contributed by atoms with Crippen LogP contribution in [0.1, 0.15) is 0 Å². The zero-order valence-electron chi connectivity index (χ0n) is 9.50. The normalized spacial score (nSPS) is 11.6. The van der Waals surface area contributed by atoms with Gasteiger partial charge >= 0.3 is 0 Å². The summed E-state index contributed by atoms with van der Waals surface area (Å²) >= 11 is 3.91. The number of aromatic nitrogens is 4. The van der Waals surface area contributed by atoms with Crippen molar-refractivity contribution in [3.8, 4) is 0 Å². The quantitative estimate of drug-likeness (QED) is 0.541. The zero-order chi connectivity index (χ0) is 13.2. The molecular weight excluding hydrogens is 394 g/mol. The van der Waals surface area contributed by atoms with E-state index in [9.17, 15) is 4.79 Å². The molecule has 8 heteroatoms. The van der Waals surface area contributed by atoms with E-state index in [2.05, 4.69) is 37.3 Å². The number of H-pyrrole nitrogens is 1. The molecular formula is C11H8IN4OPS. The number of hydrogen-bond acceptors (Lipinski definition) is 4. The van der Waals surface area contributed by atoms with Crippen LogP contribution < -0.4 is 5.56 Å². The molecule has 96 valence electrons. The Morgan fingerprint density at radius 2 is 2.21 bits per heavy atom. The highest BCUT2D eigenvalue weighted by Crippen LogP contribution is 2.31. The van der Waals surface area contributed by atoms with Gasteiger partial charge in [0, 0.05) is 16.5 Å². The topological polar surface area (TPSA) is 63.6 Å². The summed E-state index contributed by atoms with van der Waals surface area (Å²) in [4.78, 5) is 13.7. The van der Waals surface area contributed by atoms with E-state index in [1.165, 1.54) is 0 Å². The maximum atomic E-state index is 11.6. The minimum Gasteiger partial charge on any atom is -0.267 e. The van der Waals surface area contributed by atoms with Gasteiger partial charge in [0.25, 0.3) is 5.56 Å². The van der Waals surface area contributed by atoms with Gasteiger partial charge in [-0.25, -0.2) is 9.55 Å². The van der Waals surface area contributed by atoms with E-state index in [4.69, 9.17) is 0 Å². The highest BCUT2D eigenvalue weighted by molar-refractivity contribution is 14.2. The second-order valence-corrected chi connectivity index (χ2v) is 6.98. The number of hydrogen-bond donors (Lipinski definition) is 1. The molecule has 0 bridgehead atoms. The molecule has 2 aromatic heterocycles. The molecule has 3 aromatic rings. The van der Waals surface area contributed by atoms with E-state index >= 15 is 0 Å². The second kappa shape index (κ2) is 5.60. The molecule has 3 rings (SSSR count). The SMILES string of the molecule is O=c1[nH]ncc2cc(Sc3cnn(PI)c3)ccc12. The molecule has 19 heavy (non-hydrogen) atoms. The van der Waals surface area contributed by atoms with Crippen LogP contribution in [0, 0.1) is 0 Å². The molecule has 0 saturated carbocycles. The lowest BCUT2D eigenvalue weighted by atomic mass is 10.2. The molecule has 0 aliphatic rings. The number of aromatic amines is 1. The van der Waals surface area contributed by atoms with Crippen LogP contribution in [0.15, 0.2) is 51.4 Å². The minimum atomic E-state index is -0.159. The van der Waals surface area contributed by atoms with E-state index < -0.39 is 0 Å². The molecule has 1 N–H and O–H groups in total. The summed E-state index contributed by atoms with van der Waals surface area (Å²) < 4.78 is 1.90. The number of nitrogens with zero attached hydrogens (tertiary/aromatic N) is 3. The third-order valence-electron chi connectivity index (χ3n) is 2.52. The van der Waals surface area contributed by atoms with Gasteiger partial charge in [0.05, 0.1) is 29.0 Å². The third-order valence-corrected chi connectivity index (χ3v) is 5.36. The van der Waals surface area contributed by atoms with Crippen molar-refractivity contribution in [2.75, 3.05) is 0 Å². The van der Waals surface area contributed by atoms with E-state index in [0.29, 0.717) is 11.8 Å². The van der Waals surface area contributed by atoms with Crippen molar-refractivity contribution in [2.45, 2.75) is 9.79 Å². The Hall–Kier alpha value is -0.920. The van der Waals surface area contributed by atoms with Gasteiger partial charge in [-0.15, -0.1) is 0 Å².